The van der Waals surface area contributed by atoms with Gasteiger partial charge in [0.05, 0.1) is 12.6 Å². The molecular weight excluding hydrogens is 371 g/mol. The van der Waals surface area contributed by atoms with Gasteiger partial charge < -0.3 is 19.9 Å². The third-order valence-corrected chi connectivity index (χ3v) is 6.31. The zero-order chi connectivity index (χ0) is 18.9. The van der Waals surface area contributed by atoms with E-state index in [-0.39, 0.29) is 12.0 Å². The highest BCUT2D eigenvalue weighted by Gasteiger charge is 2.27. The van der Waals surface area contributed by atoms with Crippen LogP contribution in [0.5, 0.6) is 0 Å². The average molecular weight is 395 g/mol. The predicted molar refractivity (Wildman–Crippen MR) is 107 cm³/mol. The number of aryl methyl sites for hydroxylation is 1. The van der Waals surface area contributed by atoms with Gasteiger partial charge >= 0.3 is 0 Å². The molecule has 0 saturated carbocycles. The molecule has 1 saturated heterocycles. The average Bonchev–Trinajstić information content (AvgIpc) is 2.78. The van der Waals surface area contributed by atoms with Crippen molar-refractivity contribution in [1.29, 1.82) is 0 Å². The lowest BCUT2D eigenvalue weighted by atomic mass is 10.1. The maximum Gasteiger partial charge on any atom is 0.222 e. The van der Waals surface area contributed by atoms with Gasteiger partial charge in [-0.05, 0) is 38.3 Å². The van der Waals surface area contributed by atoms with Gasteiger partial charge in [0, 0.05) is 35.2 Å². The van der Waals surface area contributed by atoms with Crippen LogP contribution in [0.15, 0.2) is 24.3 Å². The molecule has 1 fully saturated rings. The summed E-state index contributed by atoms with van der Waals surface area (Å²) in [5.74, 6) is 1.02. The van der Waals surface area contributed by atoms with Gasteiger partial charge in [-0.2, -0.15) is 4.98 Å². The van der Waals surface area contributed by atoms with E-state index in [0.29, 0.717) is 18.2 Å². The van der Waals surface area contributed by atoms with E-state index < -0.39 is 7.14 Å². The van der Waals surface area contributed by atoms with Crippen molar-refractivity contribution in [3.05, 3.63) is 40.5 Å². The van der Waals surface area contributed by atoms with Gasteiger partial charge in [-0.15, -0.1) is 0 Å². The summed E-state index contributed by atoms with van der Waals surface area (Å²) in [5.41, 5.74) is 7.60. The van der Waals surface area contributed by atoms with Crippen molar-refractivity contribution in [3.8, 4) is 0 Å². The molecule has 1 aliphatic rings. The first-order chi connectivity index (χ1) is 12.3. The molecule has 1 aromatic carbocycles. The van der Waals surface area contributed by atoms with Gasteiger partial charge in [0.15, 0.2) is 0 Å². The van der Waals surface area contributed by atoms with Gasteiger partial charge in [-0.1, -0.05) is 23.7 Å². The maximum absolute atomic E-state index is 12.3. The van der Waals surface area contributed by atoms with E-state index in [9.17, 15) is 4.57 Å². The molecule has 2 aromatic rings. The van der Waals surface area contributed by atoms with Crippen molar-refractivity contribution in [3.63, 3.8) is 0 Å². The van der Waals surface area contributed by atoms with E-state index in [2.05, 4.69) is 14.9 Å². The van der Waals surface area contributed by atoms with Gasteiger partial charge in [0.25, 0.3) is 0 Å². The molecule has 1 aromatic heterocycles. The monoisotopic (exact) mass is 394 g/mol. The first-order valence-electron chi connectivity index (χ1n) is 8.56. The Morgan fingerprint density at radius 2 is 2.08 bits per heavy atom. The number of nitrogens with two attached hydrogens (primary N) is 1. The van der Waals surface area contributed by atoms with E-state index in [1.807, 2.05) is 25.1 Å². The standard InChI is InChI=1S/C18H24ClN4O2P/c1-12-9-17(22-18(20)21-12)23-7-4-8-25-11-16(23)14-6-5-13(10-15(14)19)26(2,3)24/h5-6,9-10,16H,4,7-8,11H2,1-3H3,(H2,20,21,22)/t16-/m1/s1. The molecule has 0 unspecified atom stereocenters. The second kappa shape index (κ2) is 7.55. The summed E-state index contributed by atoms with van der Waals surface area (Å²) < 4.78 is 18.1. The molecule has 0 amide bonds. The highest BCUT2D eigenvalue weighted by molar-refractivity contribution is 7.70. The Labute approximate surface area is 159 Å². The molecule has 1 atom stereocenters. The number of aromatic nitrogens is 2. The van der Waals surface area contributed by atoms with Gasteiger partial charge in [-0.3, -0.25) is 0 Å². The van der Waals surface area contributed by atoms with Crippen LogP contribution in [0.3, 0.4) is 0 Å². The largest absolute Gasteiger partial charge is 0.379 e. The van der Waals surface area contributed by atoms with E-state index in [0.717, 1.165) is 35.3 Å². The summed E-state index contributed by atoms with van der Waals surface area (Å²) in [5, 5.41) is 1.36. The SMILES string of the molecule is Cc1cc(N2CCCOC[C@@H]2c2ccc(P(C)(C)=O)cc2Cl)nc(N)n1. The number of hydrogen-bond donors (Lipinski definition) is 1. The van der Waals surface area contributed by atoms with E-state index in [1.165, 1.54) is 0 Å². The second-order valence-corrected chi connectivity index (χ2v) is 10.5. The Morgan fingerprint density at radius 3 is 2.73 bits per heavy atom. The summed E-state index contributed by atoms with van der Waals surface area (Å²) in [4.78, 5) is 10.7. The first-order valence-corrected chi connectivity index (χ1v) is 11.5. The molecule has 1 aliphatic heterocycles. The Balaban J connectivity index is 2.03. The fourth-order valence-corrected chi connectivity index (χ4v) is 4.41. The first kappa shape index (κ1) is 19.2. The quantitative estimate of drug-likeness (QED) is 0.805. The highest BCUT2D eigenvalue weighted by atomic mass is 35.5. The lowest BCUT2D eigenvalue weighted by Gasteiger charge is -2.31. The molecule has 3 rings (SSSR count). The third-order valence-electron chi connectivity index (χ3n) is 4.46. The zero-order valence-electron chi connectivity index (χ0n) is 15.3. The summed E-state index contributed by atoms with van der Waals surface area (Å²) in [6, 6.07) is 7.47. The second-order valence-electron chi connectivity index (χ2n) is 6.92. The number of nitrogen functional groups attached to an aromatic ring is 1. The molecule has 6 nitrogen and oxygen atoms in total. The number of nitrogens with zero attached hydrogens (tertiary/aromatic N) is 3. The summed E-state index contributed by atoms with van der Waals surface area (Å²) in [7, 11) is -2.37. The van der Waals surface area contributed by atoms with Crippen LogP contribution < -0.4 is 15.9 Å². The van der Waals surface area contributed by atoms with Crippen LogP contribution in [0, 0.1) is 6.92 Å². The van der Waals surface area contributed by atoms with E-state index >= 15 is 0 Å². The minimum absolute atomic E-state index is 0.0964. The van der Waals surface area contributed by atoms with Crippen LogP contribution in [0.2, 0.25) is 5.02 Å². The third kappa shape index (κ3) is 4.20. The number of ether oxygens (including phenoxy) is 1. The predicted octanol–water partition coefficient (Wildman–Crippen LogP) is 3.24. The molecule has 2 heterocycles. The van der Waals surface area contributed by atoms with Crippen LogP contribution in [-0.2, 0) is 9.30 Å². The number of rotatable bonds is 3. The molecule has 26 heavy (non-hydrogen) atoms. The minimum atomic E-state index is -2.37. The Hall–Kier alpha value is -1.62. The molecule has 0 spiro atoms. The number of hydrogen-bond acceptors (Lipinski definition) is 6. The van der Waals surface area contributed by atoms with Crippen LogP contribution in [-0.4, -0.2) is 43.1 Å². The highest BCUT2D eigenvalue weighted by Crippen LogP contribution is 2.38. The minimum Gasteiger partial charge on any atom is -0.379 e. The normalized spacial score (nSPS) is 18.6. The smallest absolute Gasteiger partial charge is 0.222 e. The molecule has 0 aliphatic carbocycles. The van der Waals surface area contributed by atoms with Crippen LogP contribution in [0.4, 0.5) is 11.8 Å². The summed E-state index contributed by atoms with van der Waals surface area (Å²) >= 11 is 6.58. The molecule has 0 bridgehead atoms. The molecule has 0 radical (unpaired) electrons. The van der Waals surface area contributed by atoms with Gasteiger partial charge in [0.1, 0.15) is 13.0 Å². The van der Waals surface area contributed by atoms with E-state index in [1.54, 1.807) is 19.4 Å². The zero-order valence-corrected chi connectivity index (χ0v) is 16.9. The van der Waals surface area contributed by atoms with Crippen LogP contribution >= 0.6 is 18.7 Å². The lowest BCUT2D eigenvalue weighted by Crippen LogP contribution is -2.32. The number of anilines is 2. The molecule has 2 N–H and O–H groups in total. The summed E-state index contributed by atoms with van der Waals surface area (Å²) in [6.07, 6.45) is 0.883. The maximum atomic E-state index is 12.3. The van der Waals surface area contributed by atoms with Crippen molar-refractivity contribution >= 4 is 35.8 Å². The Morgan fingerprint density at radius 1 is 1.31 bits per heavy atom. The van der Waals surface area contributed by atoms with Crippen molar-refractivity contribution in [1.82, 2.24) is 9.97 Å². The Bertz CT molecular complexity index is 835. The van der Waals surface area contributed by atoms with Crippen molar-refractivity contribution in [2.24, 2.45) is 0 Å². The molecule has 140 valence electrons. The lowest BCUT2D eigenvalue weighted by molar-refractivity contribution is 0.134. The number of halogens is 1. The van der Waals surface area contributed by atoms with Crippen molar-refractivity contribution < 1.29 is 9.30 Å². The fourth-order valence-electron chi connectivity index (χ4n) is 3.15. The fraction of sp³-hybridized carbons (Fsp3) is 0.444. The van der Waals surface area contributed by atoms with Crippen molar-refractivity contribution in [2.45, 2.75) is 19.4 Å². The molecular formula is C18H24ClN4O2P. The summed E-state index contributed by atoms with van der Waals surface area (Å²) in [6.45, 7) is 7.34. The van der Waals surface area contributed by atoms with Gasteiger partial charge in [-0.25, -0.2) is 4.98 Å². The van der Waals surface area contributed by atoms with E-state index in [4.69, 9.17) is 22.1 Å². The molecule has 8 heteroatoms. The topological polar surface area (TPSA) is 81.3 Å². The van der Waals surface area contributed by atoms with Gasteiger partial charge in [0.2, 0.25) is 5.95 Å². The van der Waals surface area contributed by atoms with Crippen molar-refractivity contribution in [2.75, 3.05) is 43.7 Å². The number of benzene rings is 1. The van der Waals surface area contributed by atoms with Crippen LogP contribution in [0.1, 0.15) is 23.7 Å². The van der Waals surface area contributed by atoms with Crippen LogP contribution in [0.25, 0.3) is 0 Å². The Kier molecular flexibility index (Phi) is 5.56.